The molecule has 1 unspecified atom stereocenters. The van der Waals surface area contributed by atoms with Gasteiger partial charge < -0.3 is 15.8 Å². The Kier molecular flexibility index (Phi) is 1.98. The van der Waals surface area contributed by atoms with Gasteiger partial charge in [0.25, 0.3) is 0 Å². The fraction of sp³-hybridized carbons (Fsp3) is 0.636. The Balaban J connectivity index is 2.55. The standard InChI is InChI=1S/C11H18N2O/c1-10(2)4-3-8-5-13-6-9(8)11(10,12)7-14/h5-6,13-14H,3-4,7,12H2,1-2H3. The molecule has 0 saturated heterocycles. The van der Waals surface area contributed by atoms with E-state index < -0.39 is 5.54 Å². The predicted molar refractivity (Wildman–Crippen MR) is 55.8 cm³/mol. The van der Waals surface area contributed by atoms with Crippen LogP contribution in [0.2, 0.25) is 0 Å². The minimum Gasteiger partial charge on any atom is -0.394 e. The average molecular weight is 194 g/mol. The third kappa shape index (κ3) is 1.06. The van der Waals surface area contributed by atoms with E-state index in [0.717, 1.165) is 18.4 Å². The molecule has 1 aromatic rings. The lowest BCUT2D eigenvalue weighted by molar-refractivity contribution is 0.0637. The highest BCUT2D eigenvalue weighted by atomic mass is 16.3. The Morgan fingerprint density at radius 1 is 1.50 bits per heavy atom. The van der Waals surface area contributed by atoms with E-state index in [4.69, 9.17) is 5.73 Å². The zero-order chi connectivity index (χ0) is 10.4. The summed E-state index contributed by atoms with van der Waals surface area (Å²) in [6.07, 6.45) is 5.98. The van der Waals surface area contributed by atoms with E-state index in [1.165, 1.54) is 5.56 Å². The molecule has 3 heteroatoms. The minimum atomic E-state index is -0.597. The first-order chi connectivity index (χ1) is 6.51. The molecule has 1 atom stereocenters. The van der Waals surface area contributed by atoms with Crippen molar-refractivity contribution in [2.45, 2.75) is 32.2 Å². The van der Waals surface area contributed by atoms with Crippen LogP contribution in [0.4, 0.5) is 0 Å². The van der Waals surface area contributed by atoms with Gasteiger partial charge in [0.1, 0.15) is 0 Å². The van der Waals surface area contributed by atoms with Gasteiger partial charge in [-0.05, 0) is 29.4 Å². The molecule has 0 spiro atoms. The molecule has 14 heavy (non-hydrogen) atoms. The lowest BCUT2D eigenvalue weighted by atomic mass is 9.62. The van der Waals surface area contributed by atoms with Crippen molar-refractivity contribution in [1.29, 1.82) is 0 Å². The van der Waals surface area contributed by atoms with Crippen molar-refractivity contribution in [3.8, 4) is 0 Å². The zero-order valence-electron chi connectivity index (χ0n) is 8.80. The second-order valence-corrected chi connectivity index (χ2v) is 4.91. The summed E-state index contributed by atoms with van der Waals surface area (Å²) in [5.41, 5.74) is 8.01. The second-order valence-electron chi connectivity index (χ2n) is 4.91. The molecule has 0 amide bonds. The van der Waals surface area contributed by atoms with Crippen LogP contribution in [0, 0.1) is 5.41 Å². The van der Waals surface area contributed by atoms with E-state index in [-0.39, 0.29) is 12.0 Å². The predicted octanol–water partition coefficient (Wildman–Crippen LogP) is 1.13. The van der Waals surface area contributed by atoms with Crippen molar-refractivity contribution < 1.29 is 5.11 Å². The van der Waals surface area contributed by atoms with Gasteiger partial charge >= 0.3 is 0 Å². The Bertz CT molecular complexity index is 343. The van der Waals surface area contributed by atoms with Gasteiger partial charge in [-0.25, -0.2) is 0 Å². The summed E-state index contributed by atoms with van der Waals surface area (Å²) in [5, 5.41) is 9.51. The topological polar surface area (TPSA) is 62.0 Å². The fourth-order valence-electron chi connectivity index (χ4n) is 2.35. The van der Waals surface area contributed by atoms with Crippen LogP contribution < -0.4 is 5.73 Å². The van der Waals surface area contributed by atoms with Crippen molar-refractivity contribution in [2.24, 2.45) is 11.1 Å². The third-order valence-electron chi connectivity index (χ3n) is 3.79. The molecule has 0 aliphatic heterocycles. The fourth-order valence-corrected chi connectivity index (χ4v) is 2.35. The van der Waals surface area contributed by atoms with Crippen molar-refractivity contribution in [3.63, 3.8) is 0 Å². The normalized spacial score (nSPS) is 30.0. The Hall–Kier alpha value is -0.800. The first-order valence-electron chi connectivity index (χ1n) is 5.07. The number of aromatic amines is 1. The molecule has 0 aromatic carbocycles. The number of aromatic nitrogens is 1. The van der Waals surface area contributed by atoms with E-state index in [9.17, 15) is 5.11 Å². The minimum absolute atomic E-state index is 0.00481. The first kappa shape index (κ1) is 9.74. The van der Waals surface area contributed by atoms with Crippen LogP contribution in [0.5, 0.6) is 0 Å². The van der Waals surface area contributed by atoms with Crippen LogP contribution in [0.1, 0.15) is 31.4 Å². The van der Waals surface area contributed by atoms with Gasteiger partial charge in [-0.3, -0.25) is 0 Å². The highest BCUT2D eigenvalue weighted by Gasteiger charge is 2.46. The van der Waals surface area contributed by atoms with Crippen molar-refractivity contribution in [3.05, 3.63) is 23.5 Å². The molecule has 2 rings (SSSR count). The summed E-state index contributed by atoms with van der Waals surface area (Å²) >= 11 is 0. The van der Waals surface area contributed by atoms with Crippen LogP contribution in [0.3, 0.4) is 0 Å². The van der Waals surface area contributed by atoms with Gasteiger partial charge in [-0.1, -0.05) is 13.8 Å². The van der Waals surface area contributed by atoms with Gasteiger partial charge in [-0.2, -0.15) is 0 Å². The van der Waals surface area contributed by atoms with Crippen molar-refractivity contribution in [2.75, 3.05) is 6.61 Å². The quantitative estimate of drug-likeness (QED) is 0.627. The number of fused-ring (bicyclic) bond motifs is 1. The lowest BCUT2D eigenvalue weighted by Gasteiger charge is -2.46. The number of hydrogen-bond acceptors (Lipinski definition) is 2. The average Bonchev–Trinajstić information content (AvgIpc) is 2.60. The SMILES string of the molecule is CC1(C)CCc2c[nH]cc2C1(N)CO. The largest absolute Gasteiger partial charge is 0.394 e. The van der Waals surface area contributed by atoms with E-state index >= 15 is 0 Å². The molecule has 0 saturated carbocycles. The molecule has 0 fully saturated rings. The molecular weight excluding hydrogens is 176 g/mol. The summed E-state index contributed by atoms with van der Waals surface area (Å²) in [7, 11) is 0. The molecule has 4 N–H and O–H groups in total. The monoisotopic (exact) mass is 194 g/mol. The van der Waals surface area contributed by atoms with E-state index in [1.807, 2.05) is 12.4 Å². The van der Waals surface area contributed by atoms with Gasteiger partial charge in [0.05, 0.1) is 12.1 Å². The number of nitrogens with one attached hydrogen (secondary N) is 1. The zero-order valence-corrected chi connectivity index (χ0v) is 8.80. The van der Waals surface area contributed by atoms with E-state index in [0.29, 0.717) is 0 Å². The smallest absolute Gasteiger partial charge is 0.0713 e. The van der Waals surface area contributed by atoms with Crippen LogP contribution >= 0.6 is 0 Å². The van der Waals surface area contributed by atoms with Crippen LogP contribution in [-0.2, 0) is 12.0 Å². The van der Waals surface area contributed by atoms with Gasteiger partial charge in [0, 0.05) is 12.4 Å². The van der Waals surface area contributed by atoms with Crippen LogP contribution in [-0.4, -0.2) is 16.7 Å². The summed E-state index contributed by atoms with van der Waals surface area (Å²) in [4.78, 5) is 3.08. The maximum atomic E-state index is 9.51. The number of rotatable bonds is 1. The van der Waals surface area contributed by atoms with E-state index in [1.54, 1.807) is 0 Å². The summed E-state index contributed by atoms with van der Waals surface area (Å²) in [6.45, 7) is 4.25. The molecule has 0 bridgehead atoms. The maximum absolute atomic E-state index is 9.51. The summed E-state index contributed by atoms with van der Waals surface area (Å²) < 4.78 is 0. The highest BCUT2D eigenvalue weighted by Crippen LogP contribution is 2.46. The lowest BCUT2D eigenvalue weighted by Crippen LogP contribution is -2.55. The van der Waals surface area contributed by atoms with Crippen molar-refractivity contribution >= 4 is 0 Å². The Morgan fingerprint density at radius 3 is 2.86 bits per heavy atom. The van der Waals surface area contributed by atoms with Crippen LogP contribution in [0.25, 0.3) is 0 Å². The summed E-state index contributed by atoms with van der Waals surface area (Å²) in [6, 6.07) is 0. The number of hydrogen-bond donors (Lipinski definition) is 3. The molecule has 1 aromatic heterocycles. The van der Waals surface area contributed by atoms with Crippen LogP contribution in [0.15, 0.2) is 12.4 Å². The number of aliphatic hydroxyl groups excluding tert-OH is 1. The molecule has 0 radical (unpaired) electrons. The third-order valence-corrected chi connectivity index (χ3v) is 3.79. The molecule has 1 heterocycles. The van der Waals surface area contributed by atoms with Crippen molar-refractivity contribution in [1.82, 2.24) is 4.98 Å². The Morgan fingerprint density at radius 2 is 2.21 bits per heavy atom. The number of H-pyrrole nitrogens is 1. The maximum Gasteiger partial charge on any atom is 0.0713 e. The summed E-state index contributed by atoms with van der Waals surface area (Å²) in [5.74, 6) is 0. The molecule has 1 aliphatic carbocycles. The number of nitrogens with two attached hydrogens (primary N) is 1. The second kappa shape index (κ2) is 2.84. The molecule has 78 valence electrons. The molecule has 3 nitrogen and oxygen atoms in total. The number of aliphatic hydroxyl groups is 1. The number of aryl methyl sites for hydroxylation is 1. The molecule has 1 aliphatic rings. The molecular formula is C11H18N2O. The van der Waals surface area contributed by atoms with Gasteiger partial charge in [-0.15, -0.1) is 0 Å². The first-order valence-corrected chi connectivity index (χ1v) is 5.07. The van der Waals surface area contributed by atoms with E-state index in [2.05, 4.69) is 18.8 Å². The highest BCUT2D eigenvalue weighted by molar-refractivity contribution is 5.36. The van der Waals surface area contributed by atoms with Gasteiger partial charge in [0.15, 0.2) is 0 Å². The van der Waals surface area contributed by atoms with Gasteiger partial charge in [0.2, 0.25) is 0 Å². The Labute approximate surface area is 84.3 Å².